The molecule has 2 amide bonds. The number of carbonyl (C=O) groups excluding carboxylic acids is 2. The summed E-state index contributed by atoms with van der Waals surface area (Å²) in [4.78, 5) is 36.0. The summed E-state index contributed by atoms with van der Waals surface area (Å²) in [5, 5.41) is 19.1. The number of aliphatic carboxylic acids is 1. The lowest BCUT2D eigenvalue weighted by molar-refractivity contribution is -0.155. The molecule has 0 heterocycles. The second-order valence-corrected chi connectivity index (χ2v) is 6.91. The third kappa shape index (κ3) is 2.81. The number of phenolic OH excluding ortho intramolecular Hbond substituents is 1. The molecular weight excluding hydrogens is 312 g/mol. The molecule has 24 heavy (non-hydrogen) atoms. The van der Waals surface area contributed by atoms with Crippen molar-refractivity contribution in [3.8, 4) is 5.75 Å². The van der Waals surface area contributed by atoms with Crippen LogP contribution in [-0.2, 0) is 9.59 Å². The average molecular weight is 334 g/mol. The molecule has 1 aromatic rings. The molecule has 130 valence electrons. The molecule has 0 radical (unpaired) electrons. The zero-order chi connectivity index (χ0) is 18.1. The smallest absolute Gasteiger partial charge is 0.309 e. The molecule has 1 aliphatic rings. The minimum absolute atomic E-state index is 0.0406. The summed E-state index contributed by atoms with van der Waals surface area (Å²) in [5.41, 5.74) is 2.88. The number of hydrazine groups is 1. The Labute approximate surface area is 140 Å². The number of nitrogens with one attached hydrogen (secondary N) is 2. The van der Waals surface area contributed by atoms with Gasteiger partial charge in [0.25, 0.3) is 5.91 Å². The van der Waals surface area contributed by atoms with Crippen LogP contribution in [-0.4, -0.2) is 28.0 Å². The van der Waals surface area contributed by atoms with Crippen LogP contribution in [0.25, 0.3) is 0 Å². The molecule has 1 fully saturated rings. The van der Waals surface area contributed by atoms with Gasteiger partial charge in [0.2, 0.25) is 5.91 Å². The number of para-hydroxylation sites is 1. The largest absolute Gasteiger partial charge is 0.507 e. The molecule has 0 bridgehead atoms. The number of carboxylic acid groups (broad SMARTS) is 1. The fourth-order valence-electron chi connectivity index (χ4n) is 3.28. The molecule has 2 rings (SSSR count). The summed E-state index contributed by atoms with van der Waals surface area (Å²) in [6.07, 6.45) is 0.814. The number of aromatic hydroxyl groups is 1. The Morgan fingerprint density at radius 1 is 1.12 bits per heavy atom. The summed E-state index contributed by atoms with van der Waals surface area (Å²) in [6.45, 7) is 5.15. The lowest BCUT2D eigenvalue weighted by Crippen LogP contribution is -2.49. The number of benzene rings is 1. The van der Waals surface area contributed by atoms with Gasteiger partial charge in [-0.1, -0.05) is 26.0 Å². The van der Waals surface area contributed by atoms with Crippen molar-refractivity contribution in [2.45, 2.75) is 33.6 Å². The number of carboxylic acids is 1. The van der Waals surface area contributed by atoms with Crippen LogP contribution in [0.3, 0.4) is 0 Å². The number of hydrogen-bond donors (Lipinski definition) is 4. The standard InChI is InChI=1S/C17H22N2O5/c1-16(2)11(8-9-17(16,3)15(23)24)14(22)19-18-13(21)10-6-4-5-7-12(10)20/h4-7,11,20H,8-9H2,1-3H3,(H,18,21)(H,19,22)(H,23,24)/t11-,17-/m1/s1. The molecular formula is C17H22N2O5. The van der Waals surface area contributed by atoms with Crippen LogP contribution in [0.4, 0.5) is 0 Å². The zero-order valence-electron chi connectivity index (χ0n) is 13.9. The van der Waals surface area contributed by atoms with Gasteiger partial charge in [0, 0.05) is 5.92 Å². The lowest BCUT2D eigenvalue weighted by Gasteiger charge is -2.37. The monoisotopic (exact) mass is 334 g/mol. The van der Waals surface area contributed by atoms with Crippen LogP contribution in [0, 0.1) is 16.7 Å². The molecule has 0 unspecified atom stereocenters. The number of carbonyl (C=O) groups is 3. The molecule has 0 saturated heterocycles. The molecule has 0 aliphatic heterocycles. The van der Waals surface area contributed by atoms with E-state index in [0.717, 1.165) is 0 Å². The Balaban J connectivity index is 2.05. The highest BCUT2D eigenvalue weighted by molar-refractivity contribution is 5.98. The van der Waals surface area contributed by atoms with Crippen molar-refractivity contribution in [1.82, 2.24) is 10.9 Å². The van der Waals surface area contributed by atoms with Crippen molar-refractivity contribution in [2.75, 3.05) is 0 Å². The van der Waals surface area contributed by atoms with Crippen LogP contribution >= 0.6 is 0 Å². The number of rotatable bonds is 3. The first-order chi connectivity index (χ1) is 11.1. The molecule has 2 atom stereocenters. The van der Waals surface area contributed by atoms with E-state index in [2.05, 4.69) is 10.9 Å². The SMILES string of the molecule is CC1(C)[C@@H](C(=O)NNC(=O)c2ccccc2O)CC[C@]1(C)C(=O)O. The minimum atomic E-state index is -1.00. The Morgan fingerprint density at radius 2 is 1.75 bits per heavy atom. The molecule has 7 nitrogen and oxygen atoms in total. The lowest BCUT2D eigenvalue weighted by atomic mass is 9.65. The van der Waals surface area contributed by atoms with E-state index in [9.17, 15) is 24.6 Å². The van der Waals surface area contributed by atoms with Crippen LogP contribution < -0.4 is 10.9 Å². The summed E-state index contributed by atoms with van der Waals surface area (Å²) in [7, 11) is 0. The van der Waals surface area contributed by atoms with Gasteiger partial charge in [-0.3, -0.25) is 25.2 Å². The summed E-state index contributed by atoms with van der Waals surface area (Å²) in [5.74, 6) is -2.74. The summed E-state index contributed by atoms with van der Waals surface area (Å²) in [6, 6.07) is 5.97. The highest BCUT2D eigenvalue weighted by atomic mass is 16.4. The van der Waals surface area contributed by atoms with Crippen molar-refractivity contribution in [2.24, 2.45) is 16.7 Å². The van der Waals surface area contributed by atoms with Gasteiger partial charge in [-0.2, -0.15) is 0 Å². The third-order valence-corrected chi connectivity index (χ3v) is 5.46. The van der Waals surface area contributed by atoms with Crippen molar-refractivity contribution < 1.29 is 24.6 Å². The summed E-state index contributed by atoms with van der Waals surface area (Å²) >= 11 is 0. The fourth-order valence-corrected chi connectivity index (χ4v) is 3.28. The quantitative estimate of drug-likeness (QED) is 0.628. The fraction of sp³-hybridized carbons (Fsp3) is 0.471. The van der Waals surface area contributed by atoms with E-state index < -0.39 is 34.5 Å². The van der Waals surface area contributed by atoms with E-state index in [0.29, 0.717) is 12.8 Å². The van der Waals surface area contributed by atoms with E-state index in [1.165, 1.54) is 12.1 Å². The Morgan fingerprint density at radius 3 is 2.29 bits per heavy atom. The molecule has 4 N–H and O–H groups in total. The van der Waals surface area contributed by atoms with E-state index in [1.54, 1.807) is 32.9 Å². The topological polar surface area (TPSA) is 116 Å². The molecule has 0 aromatic heterocycles. The Bertz CT molecular complexity index is 685. The highest BCUT2D eigenvalue weighted by Crippen LogP contribution is 2.56. The van der Waals surface area contributed by atoms with Gasteiger partial charge >= 0.3 is 5.97 Å². The van der Waals surface area contributed by atoms with Crippen LogP contribution in [0.1, 0.15) is 44.0 Å². The van der Waals surface area contributed by atoms with Crippen LogP contribution in [0.15, 0.2) is 24.3 Å². The van der Waals surface area contributed by atoms with Crippen molar-refractivity contribution in [1.29, 1.82) is 0 Å². The maximum Gasteiger partial charge on any atom is 0.309 e. The van der Waals surface area contributed by atoms with Gasteiger partial charge in [-0.15, -0.1) is 0 Å². The molecule has 1 saturated carbocycles. The van der Waals surface area contributed by atoms with Gasteiger partial charge in [-0.25, -0.2) is 0 Å². The first-order valence-corrected chi connectivity index (χ1v) is 7.73. The predicted octanol–water partition coefficient (Wildman–Crippen LogP) is 1.68. The van der Waals surface area contributed by atoms with Gasteiger partial charge < -0.3 is 10.2 Å². The highest BCUT2D eigenvalue weighted by Gasteiger charge is 2.58. The Hall–Kier alpha value is -2.57. The number of amides is 2. The van der Waals surface area contributed by atoms with E-state index in [1.807, 2.05) is 0 Å². The maximum atomic E-state index is 12.4. The van der Waals surface area contributed by atoms with Gasteiger partial charge in [-0.05, 0) is 37.3 Å². The maximum absolute atomic E-state index is 12.4. The second-order valence-electron chi connectivity index (χ2n) is 6.91. The molecule has 1 aromatic carbocycles. The number of phenols is 1. The van der Waals surface area contributed by atoms with Crippen molar-refractivity contribution in [3.05, 3.63) is 29.8 Å². The first kappa shape index (κ1) is 17.8. The van der Waals surface area contributed by atoms with E-state index >= 15 is 0 Å². The van der Waals surface area contributed by atoms with Crippen molar-refractivity contribution >= 4 is 17.8 Å². The normalized spacial score (nSPS) is 25.0. The Kier molecular flexibility index (Phi) is 4.55. The van der Waals surface area contributed by atoms with E-state index in [-0.39, 0.29) is 11.3 Å². The van der Waals surface area contributed by atoms with Crippen LogP contribution in [0.5, 0.6) is 5.75 Å². The third-order valence-electron chi connectivity index (χ3n) is 5.46. The second kappa shape index (κ2) is 6.14. The van der Waals surface area contributed by atoms with Gasteiger partial charge in [0.1, 0.15) is 5.75 Å². The van der Waals surface area contributed by atoms with Gasteiger partial charge in [0.15, 0.2) is 0 Å². The average Bonchev–Trinajstić information content (AvgIpc) is 2.76. The predicted molar refractivity (Wildman–Crippen MR) is 86.0 cm³/mol. The van der Waals surface area contributed by atoms with Gasteiger partial charge in [0.05, 0.1) is 11.0 Å². The molecule has 1 aliphatic carbocycles. The summed E-state index contributed by atoms with van der Waals surface area (Å²) < 4.78 is 0. The molecule has 0 spiro atoms. The number of hydrogen-bond acceptors (Lipinski definition) is 4. The van der Waals surface area contributed by atoms with Crippen LogP contribution in [0.2, 0.25) is 0 Å². The molecule has 7 heteroatoms. The van der Waals surface area contributed by atoms with Crippen molar-refractivity contribution in [3.63, 3.8) is 0 Å². The zero-order valence-corrected chi connectivity index (χ0v) is 13.9. The first-order valence-electron chi connectivity index (χ1n) is 7.73. The van der Waals surface area contributed by atoms with E-state index in [4.69, 9.17) is 0 Å². The minimum Gasteiger partial charge on any atom is -0.507 e.